The van der Waals surface area contributed by atoms with E-state index in [1.807, 2.05) is 0 Å². The molecule has 3 nitrogen and oxygen atoms in total. The lowest BCUT2D eigenvalue weighted by atomic mass is 9.95. The molecule has 1 atom stereocenters. The van der Waals surface area contributed by atoms with Crippen LogP contribution in [0.5, 0.6) is 0 Å². The van der Waals surface area contributed by atoms with Crippen molar-refractivity contribution < 1.29 is 18.7 Å². The Morgan fingerprint density at radius 2 is 2.05 bits per heavy atom. The minimum atomic E-state index is -1.56. The van der Waals surface area contributed by atoms with Gasteiger partial charge in [0.2, 0.25) is 5.91 Å². The molecule has 1 fully saturated rings. The molecule has 2 N–H and O–H groups in total. The molecule has 0 heterocycles. The number of hydrogen-bond donors (Lipinski definition) is 2. The third-order valence-corrected chi connectivity index (χ3v) is 3.84. The van der Waals surface area contributed by atoms with Gasteiger partial charge in [-0.25, -0.2) is 8.78 Å². The second kappa shape index (κ2) is 5.87. The molecule has 110 valence electrons. The highest BCUT2D eigenvalue weighted by molar-refractivity contribution is 5.78. The number of benzene rings is 1. The van der Waals surface area contributed by atoms with Crippen LogP contribution >= 0.6 is 0 Å². The van der Waals surface area contributed by atoms with E-state index in [0.29, 0.717) is 0 Å². The molecule has 0 aromatic heterocycles. The van der Waals surface area contributed by atoms with Gasteiger partial charge in [-0.3, -0.25) is 4.79 Å². The molecule has 1 aliphatic rings. The Morgan fingerprint density at radius 1 is 1.40 bits per heavy atom. The van der Waals surface area contributed by atoms with Crippen LogP contribution in [0.1, 0.15) is 38.2 Å². The monoisotopic (exact) mass is 283 g/mol. The molecule has 0 spiro atoms. The Hall–Kier alpha value is -1.49. The van der Waals surface area contributed by atoms with Gasteiger partial charge < -0.3 is 10.4 Å². The van der Waals surface area contributed by atoms with Crippen molar-refractivity contribution in [3.63, 3.8) is 0 Å². The molecule has 1 unspecified atom stereocenters. The van der Waals surface area contributed by atoms with Gasteiger partial charge in [0, 0.05) is 17.5 Å². The van der Waals surface area contributed by atoms with Crippen LogP contribution in [0.15, 0.2) is 18.2 Å². The summed E-state index contributed by atoms with van der Waals surface area (Å²) in [5, 5.41) is 12.9. The quantitative estimate of drug-likeness (QED) is 0.892. The average molecular weight is 283 g/mol. The largest absolute Gasteiger partial charge is 0.383 e. The van der Waals surface area contributed by atoms with Gasteiger partial charge in [0.15, 0.2) is 0 Å². The van der Waals surface area contributed by atoms with Gasteiger partial charge in [-0.2, -0.15) is 0 Å². The summed E-state index contributed by atoms with van der Waals surface area (Å²) in [6, 6.07) is 3.01. The number of carbonyl (C=O) groups is 1. The van der Waals surface area contributed by atoms with Crippen molar-refractivity contribution in [1.82, 2.24) is 5.32 Å². The summed E-state index contributed by atoms with van der Waals surface area (Å²) in [5.74, 6) is -1.63. The van der Waals surface area contributed by atoms with E-state index in [-0.39, 0.29) is 23.9 Å². The summed E-state index contributed by atoms with van der Waals surface area (Å²) in [6.45, 7) is 1.31. The first kappa shape index (κ1) is 14.9. The Morgan fingerprint density at radius 3 is 2.65 bits per heavy atom. The first-order valence-corrected chi connectivity index (χ1v) is 6.86. The maximum atomic E-state index is 13.7. The third-order valence-electron chi connectivity index (χ3n) is 3.84. The highest BCUT2D eigenvalue weighted by Crippen LogP contribution is 2.26. The lowest BCUT2D eigenvalue weighted by molar-refractivity contribution is -0.126. The van der Waals surface area contributed by atoms with Gasteiger partial charge in [-0.15, -0.1) is 0 Å². The first-order chi connectivity index (χ1) is 9.40. The molecular formula is C15H19F2NO2. The van der Waals surface area contributed by atoms with E-state index in [1.165, 1.54) is 13.0 Å². The van der Waals surface area contributed by atoms with Crippen molar-refractivity contribution >= 4 is 5.91 Å². The van der Waals surface area contributed by atoms with Crippen LogP contribution in [0.3, 0.4) is 0 Å². The minimum Gasteiger partial charge on any atom is -0.383 e. The number of amides is 1. The number of halogens is 2. The van der Waals surface area contributed by atoms with Crippen LogP contribution in [0, 0.1) is 17.6 Å². The average Bonchev–Trinajstić information content (AvgIpc) is 2.89. The van der Waals surface area contributed by atoms with Crippen molar-refractivity contribution in [2.75, 3.05) is 6.54 Å². The standard InChI is InChI=1S/C15H19F2NO2/c1-15(20,12-7-6-11(16)8-13(12)17)9-18-14(19)10-4-2-3-5-10/h6-8,10,20H,2-5,9H2,1H3,(H,18,19). The van der Waals surface area contributed by atoms with E-state index in [2.05, 4.69) is 5.32 Å². The molecule has 0 radical (unpaired) electrons. The second-order valence-corrected chi connectivity index (χ2v) is 5.60. The van der Waals surface area contributed by atoms with Gasteiger partial charge in [0.25, 0.3) is 0 Å². The summed E-state index contributed by atoms with van der Waals surface area (Å²) in [5.41, 5.74) is -1.59. The van der Waals surface area contributed by atoms with Crippen LogP contribution in [-0.2, 0) is 10.4 Å². The summed E-state index contributed by atoms with van der Waals surface area (Å²) >= 11 is 0. The zero-order chi connectivity index (χ0) is 14.8. The lowest BCUT2D eigenvalue weighted by Gasteiger charge is -2.25. The number of carbonyl (C=O) groups excluding carboxylic acids is 1. The topological polar surface area (TPSA) is 49.3 Å². The van der Waals surface area contributed by atoms with E-state index >= 15 is 0 Å². The Kier molecular flexibility index (Phi) is 4.38. The second-order valence-electron chi connectivity index (χ2n) is 5.60. The number of nitrogens with one attached hydrogen (secondary N) is 1. The van der Waals surface area contributed by atoms with Crippen LogP contribution in [0.2, 0.25) is 0 Å². The van der Waals surface area contributed by atoms with Crippen LogP contribution in [0.4, 0.5) is 8.78 Å². The number of hydrogen-bond acceptors (Lipinski definition) is 2. The number of aliphatic hydroxyl groups is 1. The van der Waals surface area contributed by atoms with E-state index in [1.54, 1.807) is 0 Å². The summed E-state index contributed by atoms with van der Waals surface area (Å²) in [4.78, 5) is 11.9. The summed E-state index contributed by atoms with van der Waals surface area (Å²) in [7, 11) is 0. The van der Waals surface area contributed by atoms with Crippen molar-refractivity contribution in [3.8, 4) is 0 Å². The van der Waals surface area contributed by atoms with Crippen LogP contribution in [0.25, 0.3) is 0 Å². The van der Waals surface area contributed by atoms with Gasteiger partial charge in [0.1, 0.15) is 17.2 Å². The minimum absolute atomic E-state index is 0.0103. The molecule has 0 saturated heterocycles. The Labute approximate surface area is 117 Å². The Balaban J connectivity index is 2.01. The maximum absolute atomic E-state index is 13.7. The molecule has 20 heavy (non-hydrogen) atoms. The van der Waals surface area contributed by atoms with Gasteiger partial charge >= 0.3 is 0 Å². The molecule has 1 aromatic carbocycles. The van der Waals surface area contributed by atoms with Crippen molar-refractivity contribution in [3.05, 3.63) is 35.4 Å². The molecule has 2 rings (SSSR count). The molecular weight excluding hydrogens is 264 g/mol. The van der Waals surface area contributed by atoms with E-state index in [9.17, 15) is 18.7 Å². The van der Waals surface area contributed by atoms with Crippen molar-refractivity contribution in [1.29, 1.82) is 0 Å². The summed E-state index contributed by atoms with van der Waals surface area (Å²) < 4.78 is 26.5. The molecule has 1 amide bonds. The van der Waals surface area contributed by atoms with Gasteiger partial charge in [-0.1, -0.05) is 18.9 Å². The van der Waals surface area contributed by atoms with Gasteiger partial charge in [-0.05, 0) is 25.8 Å². The fraction of sp³-hybridized carbons (Fsp3) is 0.533. The Bertz CT molecular complexity index is 497. The highest BCUT2D eigenvalue weighted by atomic mass is 19.1. The zero-order valence-corrected chi connectivity index (χ0v) is 11.5. The predicted molar refractivity (Wildman–Crippen MR) is 70.9 cm³/mol. The number of rotatable bonds is 4. The maximum Gasteiger partial charge on any atom is 0.223 e. The fourth-order valence-electron chi connectivity index (χ4n) is 2.61. The first-order valence-electron chi connectivity index (χ1n) is 6.86. The molecule has 1 aliphatic carbocycles. The normalized spacial score (nSPS) is 18.8. The highest BCUT2D eigenvalue weighted by Gasteiger charge is 2.29. The molecule has 5 heteroatoms. The molecule has 1 saturated carbocycles. The fourth-order valence-corrected chi connectivity index (χ4v) is 2.61. The summed E-state index contributed by atoms with van der Waals surface area (Å²) in [6.07, 6.45) is 3.81. The smallest absolute Gasteiger partial charge is 0.223 e. The third kappa shape index (κ3) is 3.33. The molecule has 0 bridgehead atoms. The molecule has 1 aromatic rings. The van der Waals surface area contributed by atoms with Crippen molar-refractivity contribution in [2.24, 2.45) is 5.92 Å². The van der Waals surface area contributed by atoms with E-state index in [4.69, 9.17) is 0 Å². The predicted octanol–water partition coefficient (Wildman–Crippen LogP) is 2.48. The van der Waals surface area contributed by atoms with Crippen LogP contribution in [-0.4, -0.2) is 17.6 Å². The lowest BCUT2D eigenvalue weighted by Crippen LogP contribution is -2.41. The van der Waals surface area contributed by atoms with E-state index in [0.717, 1.165) is 37.8 Å². The van der Waals surface area contributed by atoms with Gasteiger partial charge in [0.05, 0.1) is 6.54 Å². The van der Waals surface area contributed by atoms with Crippen molar-refractivity contribution in [2.45, 2.75) is 38.2 Å². The molecule has 0 aliphatic heterocycles. The van der Waals surface area contributed by atoms with Crippen LogP contribution < -0.4 is 5.32 Å². The SMILES string of the molecule is CC(O)(CNC(=O)C1CCCC1)c1ccc(F)cc1F. The van der Waals surface area contributed by atoms with E-state index < -0.39 is 17.2 Å². The zero-order valence-electron chi connectivity index (χ0n) is 11.5.